The van der Waals surface area contributed by atoms with Crippen molar-refractivity contribution in [3.05, 3.63) is 52.4 Å². The second-order valence-corrected chi connectivity index (χ2v) is 5.59. The van der Waals surface area contributed by atoms with Gasteiger partial charge in [0.15, 0.2) is 0 Å². The molecule has 5 heteroatoms. The SMILES string of the molecule is CNCCc1nccc(N(C)Cc2cccc(Br)c2)n1. The summed E-state index contributed by atoms with van der Waals surface area (Å²) in [5.74, 6) is 1.82. The lowest BCUT2D eigenvalue weighted by Crippen LogP contribution is -2.19. The highest BCUT2D eigenvalue weighted by atomic mass is 79.9. The molecule has 0 atom stereocenters. The van der Waals surface area contributed by atoms with E-state index in [1.807, 2.05) is 38.5 Å². The lowest BCUT2D eigenvalue weighted by Gasteiger charge is -2.18. The third-order valence-corrected chi connectivity index (χ3v) is 3.48. The predicted octanol–water partition coefficient (Wildman–Crippen LogP) is 2.64. The summed E-state index contributed by atoms with van der Waals surface area (Å²) in [6, 6.07) is 10.3. The number of hydrogen-bond acceptors (Lipinski definition) is 4. The van der Waals surface area contributed by atoms with Gasteiger partial charge in [0.1, 0.15) is 11.6 Å². The average molecular weight is 335 g/mol. The number of rotatable bonds is 6. The van der Waals surface area contributed by atoms with Crippen LogP contribution in [0, 0.1) is 0 Å². The lowest BCUT2D eigenvalue weighted by molar-refractivity contribution is 0.750. The van der Waals surface area contributed by atoms with Crippen LogP contribution in [-0.4, -0.2) is 30.6 Å². The molecule has 2 rings (SSSR count). The Kier molecular flexibility index (Phi) is 5.49. The van der Waals surface area contributed by atoms with Crippen LogP contribution in [0.1, 0.15) is 11.4 Å². The molecule has 2 aromatic rings. The van der Waals surface area contributed by atoms with Gasteiger partial charge in [0, 0.05) is 37.2 Å². The minimum Gasteiger partial charge on any atom is -0.355 e. The van der Waals surface area contributed by atoms with E-state index in [9.17, 15) is 0 Å². The van der Waals surface area contributed by atoms with Gasteiger partial charge in [0.2, 0.25) is 0 Å². The molecule has 0 aliphatic carbocycles. The normalized spacial score (nSPS) is 10.6. The Morgan fingerprint density at radius 3 is 2.90 bits per heavy atom. The minimum atomic E-state index is 0.821. The molecule has 1 N–H and O–H groups in total. The summed E-state index contributed by atoms with van der Waals surface area (Å²) >= 11 is 3.50. The van der Waals surface area contributed by atoms with E-state index in [2.05, 4.69) is 48.2 Å². The predicted molar refractivity (Wildman–Crippen MR) is 85.9 cm³/mol. The van der Waals surface area contributed by atoms with E-state index in [1.165, 1.54) is 5.56 Å². The number of benzene rings is 1. The molecule has 0 amide bonds. The van der Waals surface area contributed by atoms with Gasteiger partial charge in [-0.1, -0.05) is 28.1 Å². The second kappa shape index (κ2) is 7.36. The smallest absolute Gasteiger partial charge is 0.132 e. The zero-order chi connectivity index (χ0) is 14.4. The van der Waals surface area contributed by atoms with Gasteiger partial charge in [-0.3, -0.25) is 0 Å². The summed E-state index contributed by atoms with van der Waals surface area (Å²) in [5, 5.41) is 3.11. The largest absolute Gasteiger partial charge is 0.355 e. The van der Waals surface area contributed by atoms with Gasteiger partial charge >= 0.3 is 0 Å². The zero-order valence-electron chi connectivity index (χ0n) is 11.8. The van der Waals surface area contributed by atoms with E-state index in [-0.39, 0.29) is 0 Å². The monoisotopic (exact) mass is 334 g/mol. The van der Waals surface area contributed by atoms with Crippen LogP contribution in [-0.2, 0) is 13.0 Å². The molecule has 0 radical (unpaired) electrons. The van der Waals surface area contributed by atoms with E-state index in [0.29, 0.717) is 0 Å². The van der Waals surface area contributed by atoms with Crippen LogP contribution < -0.4 is 10.2 Å². The summed E-state index contributed by atoms with van der Waals surface area (Å²) in [4.78, 5) is 11.0. The van der Waals surface area contributed by atoms with Crippen molar-refractivity contribution in [2.45, 2.75) is 13.0 Å². The van der Waals surface area contributed by atoms with Gasteiger partial charge < -0.3 is 10.2 Å². The van der Waals surface area contributed by atoms with Gasteiger partial charge in [0.05, 0.1) is 0 Å². The Morgan fingerprint density at radius 2 is 2.15 bits per heavy atom. The van der Waals surface area contributed by atoms with E-state index < -0.39 is 0 Å². The van der Waals surface area contributed by atoms with Gasteiger partial charge in [-0.2, -0.15) is 0 Å². The van der Waals surface area contributed by atoms with Crippen molar-refractivity contribution in [1.29, 1.82) is 0 Å². The average Bonchev–Trinajstić information content (AvgIpc) is 2.45. The Bertz CT molecular complexity index is 559. The Hall–Kier alpha value is -1.46. The number of likely N-dealkylation sites (N-methyl/N-ethyl adjacent to an activating group) is 1. The summed E-state index contributed by atoms with van der Waals surface area (Å²) < 4.78 is 1.10. The fourth-order valence-electron chi connectivity index (χ4n) is 1.95. The van der Waals surface area contributed by atoms with Crippen LogP contribution in [0.5, 0.6) is 0 Å². The molecule has 0 spiro atoms. The zero-order valence-corrected chi connectivity index (χ0v) is 13.4. The summed E-state index contributed by atoms with van der Waals surface area (Å²) in [7, 11) is 3.98. The maximum Gasteiger partial charge on any atom is 0.132 e. The molecule has 0 fully saturated rings. The molecule has 0 saturated carbocycles. The highest BCUT2D eigenvalue weighted by Gasteiger charge is 2.05. The number of halogens is 1. The number of hydrogen-bond donors (Lipinski definition) is 1. The molecular formula is C15H19BrN4. The van der Waals surface area contributed by atoms with Crippen LogP contribution >= 0.6 is 15.9 Å². The van der Waals surface area contributed by atoms with Crippen LogP contribution in [0.15, 0.2) is 41.0 Å². The molecular weight excluding hydrogens is 316 g/mol. The fourth-order valence-corrected chi connectivity index (χ4v) is 2.40. The third kappa shape index (κ3) is 4.28. The highest BCUT2D eigenvalue weighted by molar-refractivity contribution is 9.10. The highest BCUT2D eigenvalue weighted by Crippen LogP contribution is 2.16. The summed E-state index contributed by atoms with van der Waals surface area (Å²) in [6.07, 6.45) is 2.67. The molecule has 0 bridgehead atoms. The molecule has 0 aliphatic rings. The molecule has 106 valence electrons. The first-order chi connectivity index (χ1) is 9.69. The first kappa shape index (κ1) is 14.9. The Balaban J connectivity index is 2.06. The number of aromatic nitrogens is 2. The van der Waals surface area contributed by atoms with Crippen LogP contribution in [0.4, 0.5) is 5.82 Å². The molecule has 1 aromatic carbocycles. The van der Waals surface area contributed by atoms with E-state index in [0.717, 1.165) is 35.6 Å². The molecule has 1 aromatic heterocycles. The van der Waals surface area contributed by atoms with E-state index >= 15 is 0 Å². The Morgan fingerprint density at radius 1 is 1.30 bits per heavy atom. The van der Waals surface area contributed by atoms with Gasteiger partial charge in [-0.05, 0) is 30.8 Å². The Labute approximate surface area is 128 Å². The number of nitrogens with one attached hydrogen (secondary N) is 1. The topological polar surface area (TPSA) is 41.1 Å². The first-order valence-corrected chi connectivity index (χ1v) is 7.40. The maximum atomic E-state index is 4.59. The van der Waals surface area contributed by atoms with Gasteiger partial charge in [0.25, 0.3) is 0 Å². The van der Waals surface area contributed by atoms with Crippen molar-refractivity contribution in [3.63, 3.8) is 0 Å². The van der Waals surface area contributed by atoms with Crippen molar-refractivity contribution < 1.29 is 0 Å². The maximum absolute atomic E-state index is 4.59. The van der Waals surface area contributed by atoms with Gasteiger partial charge in [-0.15, -0.1) is 0 Å². The molecule has 0 aliphatic heterocycles. The number of anilines is 1. The van der Waals surface area contributed by atoms with Crippen molar-refractivity contribution in [1.82, 2.24) is 15.3 Å². The van der Waals surface area contributed by atoms with Gasteiger partial charge in [-0.25, -0.2) is 9.97 Å². The second-order valence-electron chi connectivity index (χ2n) is 4.67. The summed E-state index contributed by atoms with van der Waals surface area (Å²) in [6.45, 7) is 1.71. The fraction of sp³-hybridized carbons (Fsp3) is 0.333. The van der Waals surface area contributed by atoms with Crippen molar-refractivity contribution >= 4 is 21.7 Å². The molecule has 4 nitrogen and oxygen atoms in total. The van der Waals surface area contributed by atoms with Crippen LogP contribution in [0.25, 0.3) is 0 Å². The van der Waals surface area contributed by atoms with Crippen LogP contribution in [0.2, 0.25) is 0 Å². The third-order valence-electron chi connectivity index (χ3n) is 2.99. The first-order valence-electron chi connectivity index (χ1n) is 6.61. The number of nitrogens with zero attached hydrogens (tertiary/aromatic N) is 3. The van der Waals surface area contributed by atoms with E-state index in [4.69, 9.17) is 0 Å². The van der Waals surface area contributed by atoms with Crippen molar-refractivity contribution in [2.75, 3.05) is 25.5 Å². The molecule has 0 unspecified atom stereocenters. The standard InChI is InChI=1S/C15H19BrN4/c1-17-8-6-14-18-9-7-15(19-14)20(2)11-12-4-3-5-13(16)10-12/h3-5,7,9-10,17H,6,8,11H2,1-2H3. The lowest BCUT2D eigenvalue weighted by atomic mass is 10.2. The quantitative estimate of drug-likeness (QED) is 0.881. The van der Waals surface area contributed by atoms with Crippen molar-refractivity contribution in [3.8, 4) is 0 Å². The van der Waals surface area contributed by atoms with Crippen LogP contribution in [0.3, 0.4) is 0 Å². The van der Waals surface area contributed by atoms with E-state index in [1.54, 1.807) is 0 Å². The molecule has 1 heterocycles. The van der Waals surface area contributed by atoms with Crippen molar-refractivity contribution in [2.24, 2.45) is 0 Å². The summed E-state index contributed by atoms with van der Waals surface area (Å²) in [5.41, 5.74) is 1.25. The molecule has 0 saturated heterocycles. The molecule has 20 heavy (non-hydrogen) atoms. The minimum absolute atomic E-state index is 0.821.